The van der Waals surface area contributed by atoms with E-state index >= 15 is 0 Å². The number of amides is 2. The fourth-order valence-corrected chi connectivity index (χ4v) is 5.45. The van der Waals surface area contributed by atoms with Crippen molar-refractivity contribution in [1.82, 2.24) is 20.1 Å². The van der Waals surface area contributed by atoms with Crippen LogP contribution >= 0.6 is 0 Å². The van der Waals surface area contributed by atoms with Crippen molar-refractivity contribution >= 4 is 34.4 Å². The summed E-state index contributed by atoms with van der Waals surface area (Å²) in [6.07, 6.45) is 4.26. The standard InChI is InChI=1S/C26H28FN5O3/c1-16(33)17-5-7-18(8-6-17)26(11-3-2-4-12-26)25(35)32-15-19(27)13-22(32)24(34)30-23-10-9-20-21(29-23)14-28-31-20/h5-10,14,19,22H,2-4,11-13,15H2,1H3,(H,28,31)(H,29,30,34)/t19-,22-/m1/s1. The first-order valence-corrected chi connectivity index (χ1v) is 12.0. The van der Waals surface area contributed by atoms with Crippen molar-refractivity contribution in [1.29, 1.82) is 0 Å². The highest BCUT2D eigenvalue weighted by Crippen LogP contribution is 2.42. The minimum Gasteiger partial charge on any atom is -0.327 e. The van der Waals surface area contributed by atoms with E-state index in [1.165, 1.54) is 11.8 Å². The minimum atomic E-state index is -1.28. The molecular formula is C26H28FN5O3. The van der Waals surface area contributed by atoms with Gasteiger partial charge in [-0.15, -0.1) is 0 Å². The molecule has 0 unspecified atom stereocenters. The molecule has 1 aliphatic carbocycles. The zero-order chi connectivity index (χ0) is 24.6. The molecule has 2 amide bonds. The minimum absolute atomic E-state index is 0.0423. The zero-order valence-corrected chi connectivity index (χ0v) is 19.6. The van der Waals surface area contributed by atoms with Gasteiger partial charge in [-0.25, -0.2) is 9.37 Å². The Bertz CT molecular complexity index is 1270. The summed E-state index contributed by atoms with van der Waals surface area (Å²) < 4.78 is 14.6. The maximum Gasteiger partial charge on any atom is 0.248 e. The van der Waals surface area contributed by atoms with Gasteiger partial charge in [-0.05, 0) is 37.5 Å². The second-order valence-electron chi connectivity index (χ2n) is 9.57. The molecule has 3 heterocycles. The Kier molecular flexibility index (Phi) is 6.08. The number of carbonyl (C=O) groups excluding carboxylic acids is 3. The first-order chi connectivity index (χ1) is 16.9. The Labute approximate surface area is 202 Å². The Morgan fingerprint density at radius 2 is 1.83 bits per heavy atom. The Balaban J connectivity index is 1.42. The highest BCUT2D eigenvalue weighted by molar-refractivity contribution is 6.00. The second kappa shape index (κ2) is 9.20. The normalized spacial score (nSPS) is 21.7. The average molecular weight is 478 g/mol. The van der Waals surface area contributed by atoms with E-state index in [0.717, 1.165) is 30.3 Å². The summed E-state index contributed by atoms with van der Waals surface area (Å²) >= 11 is 0. The van der Waals surface area contributed by atoms with Crippen LogP contribution in [0.15, 0.2) is 42.6 Å². The molecule has 2 N–H and O–H groups in total. The van der Waals surface area contributed by atoms with Crippen molar-refractivity contribution in [3.8, 4) is 0 Å². The van der Waals surface area contributed by atoms with Gasteiger partial charge in [0.15, 0.2) is 5.78 Å². The van der Waals surface area contributed by atoms with Gasteiger partial charge < -0.3 is 10.2 Å². The summed E-state index contributed by atoms with van der Waals surface area (Å²) in [6.45, 7) is 1.39. The molecule has 0 radical (unpaired) electrons. The molecule has 9 heteroatoms. The number of halogens is 1. The lowest BCUT2D eigenvalue weighted by Crippen LogP contribution is -2.52. The van der Waals surface area contributed by atoms with E-state index < -0.39 is 23.5 Å². The van der Waals surface area contributed by atoms with Crippen LogP contribution in [0.1, 0.15) is 61.4 Å². The van der Waals surface area contributed by atoms with Crippen LogP contribution in [0.5, 0.6) is 0 Å². The quantitative estimate of drug-likeness (QED) is 0.541. The summed E-state index contributed by atoms with van der Waals surface area (Å²) in [5.74, 6) is -0.386. The lowest BCUT2D eigenvalue weighted by atomic mass is 9.68. The molecule has 5 rings (SSSR count). The van der Waals surface area contributed by atoms with E-state index in [9.17, 15) is 18.8 Å². The molecule has 3 aromatic rings. The molecule has 182 valence electrons. The van der Waals surface area contributed by atoms with Crippen molar-refractivity contribution in [3.05, 3.63) is 53.7 Å². The molecule has 8 nitrogen and oxygen atoms in total. The van der Waals surface area contributed by atoms with Gasteiger partial charge in [0.25, 0.3) is 0 Å². The smallest absolute Gasteiger partial charge is 0.248 e. The van der Waals surface area contributed by atoms with Crippen molar-refractivity contribution in [3.63, 3.8) is 0 Å². The molecule has 1 saturated carbocycles. The van der Waals surface area contributed by atoms with E-state index in [4.69, 9.17) is 0 Å². The summed E-state index contributed by atoms with van der Waals surface area (Å²) in [5, 5.41) is 9.48. The number of H-pyrrole nitrogens is 1. The third-order valence-corrected chi connectivity index (χ3v) is 7.32. The van der Waals surface area contributed by atoms with Crippen LogP contribution in [0.4, 0.5) is 10.2 Å². The van der Waals surface area contributed by atoms with Gasteiger partial charge >= 0.3 is 0 Å². The molecule has 0 spiro atoms. The molecule has 1 aliphatic heterocycles. The number of aromatic amines is 1. The van der Waals surface area contributed by atoms with Crippen LogP contribution in [0.3, 0.4) is 0 Å². The molecule has 2 aromatic heterocycles. The fraction of sp³-hybridized carbons (Fsp3) is 0.423. The SMILES string of the molecule is CC(=O)c1ccc(C2(C(=O)N3C[C@H](F)C[C@@H]3C(=O)Nc3ccc4[nH]ncc4n3)CCCCC2)cc1. The van der Waals surface area contributed by atoms with Crippen molar-refractivity contribution in [2.24, 2.45) is 0 Å². The third-order valence-electron chi connectivity index (χ3n) is 7.32. The number of rotatable bonds is 5. The number of fused-ring (bicyclic) bond motifs is 1. The summed E-state index contributed by atoms with van der Waals surface area (Å²) in [5.41, 5.74) is 1.90. The van der Waals surface area contributed by atoms with Gasteiger partial charge in [0.1, 0.15) is 23.5 Å². The molecule has 0 bridgehead atoms. The highest BCUT2D eigenvalue weighted by atomic mass is 19.1. The first kappa shape index (κ1) is 23.1. The van der Waals surface area contributed by atoms with E-state index in [-0.39, 0.29) is 24.7 Å². The Hall–Kier alpha value is -3.62. The number of nitrogens with one attached hydrogen (secondary N) is 2. The maximum absolute atomic E-state index is 14.6. The average Bonchev–Trinajstić information content (AvgIpc) is 3.50. The number of Topliss-reactive ketones (excluding diaryl/α,β-unsaturated/α-hetero) is 1. The number of aromatic nitrogens is 3. The lowest BCUT2D eigenvalue weighted by molar-refractivity contribution is -0.143. The van der Waals surface area contributed by atoms with Crippen LogP contribution in [0, 0.1) is 0 Å². The first-order valence-electron chi connectivity index (χ1n) is 12.0. The molecule has 2 fully saturated rings. The number of hydrogen-bond donors (Lipinski definition) is 2. The topological polar surface area (TPSA) is 108 Å². The lowest BCUT2D eigenvalue weighted by Gasteiger charge is -2.40. The Morgan fingerprint density at radius 1 is 1.09 bits per heavy atom. The van der Waals surface area contributed by atoms with Gasteiger partial charge in [0.05, 0.1) is 23.7 Å². The number of alkyl halides is 1. The molecule has 2 atom stereocenters. The number of ketones is 1. The van der Waals surface area contributed by atoms with Crippen LogP contribution < -0.4 is 5.32 Å². The molecule has 35 heavy (non-hydrogen) atoms. The highest BCUT2D eigenvalue weighted by Gasteiger charge is 2.49. The van der Waals surface area contributed by atoms with Gasteiger partial charge in [-0.2, -0.15) is 5.10 Å². The van der Waals surface area contributed by atoms with E-state index in [1.807, 2.05) is 12.1 Å². The van der Waals surface area contributed by atoms with Crippen LogP contribution in [0.25, 0.3) is 11.0 Å². The van der Waals surface area contributed by atoms with Crippen molar-refractivity contribution in [2.75, 3.05) is 11.9 Å². The van der Waals surface area contributed by atoms with E-state index in [2.05, 4.69) is 20.5 Å². The predicted octanol–water partition coefficient (Wildman–Crippen LogP) is 3.94. The van der Waals surface area contributed by atoms with Gasteiger partial charge in [-0.3, -0.25) is 19.5 Å². The van der Waals surface area contributed by atoms with Gasteiger partial charge in [0.2, 0.25) is 11.8 Å². The fourth-order valence-electron chi connectivity index (χ4n) is 5.45. The zero-order valence-electron chi connectivity index (χ0n) is 19.6. The molecule has 2 aliphatic rings. The number of carbonyl (C=O) groups is 3. The van der Waals surface area contributed by atoms with E-state index in [0.29, 0.717) is 29.7 Å². The summed E-state index contributed by atoms with van der Waals surface area (Å²) in [7, 11) is 0. The third kappa shape index (κ3) is 4.31. The number of benzene rings is 1. The molecular weight excluding hydrogens is 449 g/mol. The maximum atomic E-state index is 14.6. The monoisotopic (exact) mass is 477 g/mol. The summed E-state index contributed by atoms with van der Waals surface area (Å²) in [4.78, 5) is 44.8. The van der Waals surface area contributed by atoms with Crippen molar-refractivity contribution in [2.45, 2.75) is 63.1 Å². The predicted molar refractivity (Wildman–Crippen MR) is 129 cm³/mol. The molecule has 1 aromatic carbocycles. The largest absolute Gasteiger partial charge is 0.327 e. The van der Waals surface area contributed by atoms with Gasteiger partial charge in [0, 0.05) is 12.0 Å². The van der Waals surface area contributed by atoms with Gasteiger partial charge in [-0.1, -0.05) is 43.5 Å². The second-order valence-corrected chi connectivity index (χ2v) is 9.57. The van der Waals surface area contributed by atoms with E-state index in [1.54, 1.807) is 30.5 Å². The van der Waals surface area contributed by atoms with Crippen LogP contribution in [0.2, 0.25) is 0 Å². The number of anilines is 1. The number of pyridine rings is 1. The summed E-state index contributed by atoms with van der Waals surface area (Å²) in [6, 6.07) is 9.63. The van der Waals surface area contributed by atoms with Crippen LogP contribution in [-0.2, 0) is 15.0 Å². The number of hydrogen-bond acceptors (Lipinski definition) is 5. The van der Waals surface area contributed by atoms with Crippen molar-refractivity contribution < 1.29 is 18.8 Å². The number of nitrogens with zero attached hydrogens (tertiary/aromatic N) is 3. The van der Waals surface area contributed by atoms with Crippen LogP contribution in [-0.4, -0.2) is 56.4 Å². The molecule has 1 saturated heterocycles. The number of likely N-dealkylation sites (tertiary alicyclic amines) is 1. The Morgan fingerprint density at radius 3 is 2.54 bits per heavy atom.